The predicted octanol–water partition coefficient (Wildman–Crippen LogP) is 4.32. The first-order chi connectivity index (χ1) is 13.3. The zero-order chi connectivity index (χ0) is 20.3. The molecule has 28 heavy (non-hydrogen) atoms. The molecule has 0 bridgehead atoms. The molecule has 0 saturated heterocycles. The molecule has 0 radical (unpaired) electrons. The van der Waals surface area contributed by atoms with E-state index in [9.17, 15) is 12.8 Å². The number of sulfone groups is 1. The van der Waals surface area contributed by atoms with Gasteiger partial charge in [-0.25, -0.2) is 17.8 Å². The second-order valence-electron chi connectivity index (χ2n) is 6.09. The lowest BCUT2D eigenvalue weighted by atomic mass is 10.1. The van der Waals surface area contributed by atoms with E-state index in [1.807, 2.05) is 32.0 Å². The molecule has 0 fully saturated rings. The van der Waals surface area contributed by atoms with Crippen LogP contribution in [0.4, 0.5) is 15.9 Å². The number of hydrogen-bond donors (Lipinski definition) is 1. The summed E-state index contributed by atoms with van der Waals surface area (Å²) in [6.45, 7) is 4.77. The maximum absolute atomic E-state index is 14.2. The molecule has 3 rings (SSSR count). The Balaban J connectivity index is 2.04. The number of anilines is 2. The van der Waals surface area contributed by atoms with E-state index < -0.39 is 15.7 Å². The summed E-state index contributed by atoms with van der Waals surface area (Å²) < 4.78 is 48.7. The molecule has 0 aliphatic rings. The van der Waals surface area contributed by atoms with Crippen LogP contribution in [-0.4, -0.2) is 32.9 Å². The molecule has 0 saturated carbocycles. The van der Waals surface area contributed by atoms with E-state index in [0.717, 1.165) is 23.1 Å². The van der Waals surface area contributed by atoms with E-state index in [1.54, 1.807) is 6.20 Å². The molecule has 1 N–H and O–H groups in total. The number of pyridine rings is 1. The van der Waals surface area contributed by atoms with Gasteiger partial charge in [-0.05, 0) is 55.6 Å². The van der Waals surface area contributed by atoms with Crippen LogP contribution in [0.5, 0.6) is 11.5 Å². The Bertz CT molecular complexity index is 1120. The van der Waals surface area contributed by atoms with Crippen molar-refractivity contribution in [2.75, 3.05) is 24.8 Å². The van der Waals surface area contributed by atoms with Crippen LogP contribution in [0.3, 0.4) is 0 Å². The van der Waals surface area contributed by atoms with Crippen molar-refractivity contribution in [3.05, 3.63) is 48.4 Å². The number of hydrogen-bond acceptors (Lipinski definition) is 6. The maximum Gasteiger partial charge on any atom is 0.178 e. The number of aromatic nitrogens is 1. The maximum atomic E-state index is 14.2. The van der Waals surface area contributed by atoms with Gasteiger partial charge in [-0.3, -0.25) is 0 Å². The summed E-state index contributed by atoms with van der Waals surface area (Å²) in [6, 6.07) is 9.39. The number of nitrogens with one attached hydrogen (secondary N) is 1. The van der Waals surface area contributed by atoms with Gasteiger partial charge < -0.3 is 14.8 Å². The normalized spacial score (nSPS) is 11.4. The SMILES string of the molecule is CCOc1cc2ccnc(Nc3ccc(S(C)(=O)=O)c(F)c3)c2cc1OCC. The Hall–Kier alpha value is -2.87. The molecule has 0 aliphatic carbocycles. The second-order valence-corrected chi connectivity index (χ2v) is 8.07. The van der Waals surface area contributed by atoms with E-state index in [0.29, 0.717) is 36.2 Å². The molecule has 6 nitrogen and oxygen atoms in total. The van der Waals surface area contributed by atoms with Gasteiger partial charge in [0.15, 0.2) is 21.3 Å². The van der Waals surface area contributed by atoms with Gasteiger partial charge in [-0.15, -0.1) is 0 Å². The fraction of sp³-hybridized carbons (Fsp3) is 0.250. The number of halogens is 1. The van der Waals surface area contributed by atoms with Crippen LogP contribution in [0.25, 0.3) is 10.8 Å². The predicted molar refractivity (Wildman–Crippen MR) is 107 cm³/mol. The standard InChI is InChI=1S/C20H21FN2O4S/c1-4-26-17-10-13-8-9-22-20(15(13)12-18(17)27-5-2)23-14-6-7-19(16(21)11-14)28(3,24)25/h6-12H,4-5H2,1-3H3,(H,22,23). The minimum Gasteiger partial charge on any atom is -0.490 e. The van der Waals surface area contributed by atoms with Crippen molar-refractivity contribution in [3.8, 4) is 11.5 Å². The van der Waals surface area contributed by atoms with Crippen molar-refractivity contribution in [1.29, 1.82) is 0 Å². The van der Waals surface area contributed by atoms with Gasteiger partial charge in [0.1, 0.15) is 16.5 Å². The first-order valence-corrected chi connectivity index (χ1v) is 10.7. The molecule has 0 spiro atoms. The van der Waals surface area contributed by atoms with E-state index in [-0.39, 0.29) is 4.90 Å². The number of rotatable bonds is 7. The van der Waals surface area contributed by atoms with Gasteiger partial charge in [0.05, 0.1) is 13.2 Å². The van der Waals surface area contributed by atoms with Gasteiger partial charge in [-0.2, -0.15) is 0 Å². The summed E-state index contributed by atoms with van der Waals surface area (Å²) in [5.74, 6) is 0.901. The first kappa shape index (κ1) is 19.9. The summed E-state index contributed by atoms with van der Waals surface area (Å²) in [4.78, 5) is 3.99. The Morgan fingerprint density at radius 3 is 2.32 bits per heavy atom. The smallest absolute Gasteiger partial charge is 0.178 e. The zero-order valence-electron chi connectivity index (χ0n) is 15.8. The van der Waals surface area contributed by atoms with Crippen LogP contribution in [0.2, 0.25) is 0 Å². The molecule has 2 aromatic carbocycles. The average Bonchev–Trinajstić information content (AvgIpc) is 2.62. The second kappa shape index (κ2) is 8.02. The number of fused-ring (bicyclic) bond motifs is 1. The molecule has 1 aromatic heterocycles. The monoisotopic (exact) mass is 404 g/mol. The molecule has 8 heteroatoms. The van der Waals surface area contributed by atoms with E-state index in [4.69, 9.17) is 9.47 Å². The molecular weight excluding hydrogens is 383 g/mol. The Kier molecular flexibility index (Phi) is 5.69. The Morgan fingerprint density at radius 2 is 1.71 bits per heavy atom. The lowest BCUT2D eigenvalue weighted by Crippen LogP contribution is -2.02. The van der Waals surface area contributed by atoms with Gasteiger partial charge in [0, 0.05) is 23.5 Å². The van der Waals surface area contributed by atoms with Crippen molar-refractivity contribution in [1.82, 2.24) is 4.98 Å². The zero-order valence-corrected chi connectivity index (χ0v) is 16.6. The van der Waals surface area contributed by atoms with Crippen molar-refractivity contribution < 1.29 is 22.3 Å². The van der Waals surface area contributed by atoms with Crippen LogP contribution in [0.15, 0.2) is 47.5 Å². The largest absolute Gasteiger partial charge is 0.490 e. The van der Waals surface area contributed by atoms with E-state index in [2.05, 4.69) is 10.3 Å². The minimum atomic E-state index is -3.63. The van der Waals surface area contributed by atoms with Crippen LogP contribution in [0, 0.1) is 5.82 Å². The highest BCUT2D eigenvalue weighted by Gasteiger charge is 2.15. The summed E-state index contributed by atoms with van der Waals surface area (Å²) in [5, 5.41) is 4.68. The Morgan fingerprint density at radius 1 is 1.04 bits per heavy atom. The molecule has 0 unspecified atom stereocenters. The van der Waals surface area contributed by atoms with Crippen LogP contribution < -0.4 is 14.8 Å². The van der Waals surface area contributed by atoms with Crippen molar-refractivity contribution >= 4 is 32.1 Å². The molecule has 3 aromatic rings. The van der Waals surface area contributed by atoms with Crippen LogP contribution in [-0.2, 0) is 9.84 Å². The van der Waals surface area contributed by atoms with Gasteiger partial charge in [-0.1, -0.05) is 0 Å². The van der Waals surface area contributed by atoms with Crippen LogP contribution in [0.1, 0.15) is 13.8 Å². The summed E-state index contributed by atoms with van der Waals surface area (Å²) in [6.07, 6.45) is 2.60. The lowest BCUT2D eigenvalue weighted by molar-refractivity contribution is 0.288. The summed E-state index contributed by atoms with van der Waals surface area (Å²) >= 11 is 0. The van der Waals surface area contributed by atoms with E-state index in [1.165, 1.54) is 12.1 Å². The summed E-state index contributed by atoms with van der Waals surface area (Å²) in [7, 11) is -3.63. The minimum absolute atomic E-state index is 0.344. The highest BCUT2D eigenvalue weighted by atomic mass is 32.2. The fourth-order valence-corrected chi connectivity index (χ4v) is 3.56. The third-order valence-corrected chi connectivity index (χ3v) is 5.15. The molecule has 0 atom stereocenters. The molecular formula is C20H21FN2O4S. The Labute approximate surface area is 163 Å². The summed E-state index contributed by atoms with van der Waals surface area (Å²) in [5.41, 5.74) is 0.386. The third-order valence-electron chi connectivity index (χ3n) is 4.02. The molecule has 0 amide bonds. The number of nitrogens with zero attached hydrogens (tertiary/aromatic N) is 1. The van der Waals surface area contributed by atoms with Crippen molar-refractivity contribution in [2.24, 2.45) is 0 Å². The van der Waals surface area contributed by atoms with Gasteiger partial charge >= 0.3 is 0 Å². The number of ether oxygens (including phenoxy) is 2. The number of benzene rings is 2. The molecule has 0 aliphatic heterocycles. The molecule has 1 heterocycles. The quantitative estimate of drug-likeness (QED) is 0.632. The van der Waals surface area contributed by atoms with Crippen molar-refractivity contribution in [2.45, 2.75) is 18.7 Å². The van der Waals surface area contributed by atoms with Gasteiger partial charge in [0.25, 0.3) is 0 Å². The highest BCUT2D eigenvalue weighted by molar-refractivity contribution is 7.90. The molecule has 148 valence electrons. The fourth-order valence-electron chi connectivity index (χ4n) is 2.83. The third kappa shape index (κ3) is 4.17. The lowest BCUT2D eigenvalue weighted by Gasteiger charge is -2.14. The average molecular weight is 404 g/mol. The topological polar surface area (TPSA) is 77.5 Å². The van der Waals surface area contributed by atoms with E-state index >= 15 is 0 Å². The first-order valence-electron chi connectivity index (χ1n) is 8.78. The van der Waals surface area contributed by atoms with Gasteiger partial charge in [0.2, 0.25) is 0 Å². The highest BCUT2D eigenvalue weighted by Crippen LogP contribution is 2.36. The van der Waals surface area contributed by atoms with Crippen LogP contribution >= 0.6 is 0 Å². The van der Waals surface area contributed by atoms with Crippen molar-refractivity contribution in [3.63, 3.8) is 0 Å².